The molecule has 6 nitrogen and oxygen atoms in total. The van der Waals surface area contributed by atoms with Gasteiger partial charge in [-0.2, -0.15) is 0 Å². The summed E-state index contributed by atoms with van der Waals surface area (Å²) in [7, 11) is 0. The van der Waals surface area contributed by atoms with Gasteiger partial charge in [-0.1, -0.05) is 11.8 Å². The van der Waals surface area contributed by atoms with Gasteiger partial charge in [-0.15, -0.1) is 11.3 Å². The molecule has 0 aliphatic carbocycles. The Labute approximate surface area is 182 Å². The van der Waals surface area contributed by atoms with E-state index in [-0.39, 0.29) is 11.7 Å². The van der Waals surface area contributed by atoms with Crippen LogP contribution in [-0.2, 0) is 0 Å². The van der Waals surface area contributed by atoms with Crippen LogP contribution in [0.4, 0.5) is 4.79 Å². The molecule has 6 rings (SSSR count). The molecule has 0 aromatic carbocycles. The number of carbonyl (C=O) groups excluding carboxylic acids is 1. The highest BCUT2D eigenvalue weighted by molar-refractivity contribution is 7.10. The number of carbonyl (C=O) groups is 1. The van der Waals surface area contributed by atoms with Crippen molar-refractivity contribution < 1.29 is 4.79 Å². The van der Waals surface area contributed by atoms with E-state index in [0.29, 0.717) is 6.54 Å². The zero-order chi connectivity index (χ0) is 20.6. The highest BCUT2D eigenvalue weighted by Gasteiger charge is 2.43. The Morgan fingerprint density at radius 2 is 2.10 bits per heavy atom. The van der Waals surface area contributed by atoms with Crippen LogP contribution < -0.4 is 20.4 Å². The highest BCUT2D eigenvalue weighted by Crippen LogP contribution is 2.37. The van der Waals surface area contributed by atoms with Gasteiger partial charge in [-0.3, -0.25) is 14.7 Å². The maximum Gasteiger partial charge on any atom is 0.323 e. The van der Waals surface area contributed by atoms with Crippen molar-refractivity contribution in [3.05, 3.63) is 20.7 Å². The van der Waals surface area contributed by atoms with Crippen molar-refractivity contribution in [1.82, 2.24) is 25.3 Å². The zero-order valence-corrected chi connectivity index (χ0v) is 18.6. The van der Waals surface area contributed by atoms with E-state index in [0.717, 1.165) is 68.2 Å². The van der Waals surface area contributed by atoms with Crippen LogP contribution >= 0.6 is 11.3 Å². The molecule has 6 heterocycles. The number of thiophene rings is 1. The predicted molar refractivity (Wildman–Crippen MR) is 121 cm³/mol. The molecule has 5 aliphatic heterocycles. The predicted octanol–water partition coefficient (Wildman–Crippen LogP) is 0.380. The van der Waals surface area contributed by atoms with E-state index in [1.807, 2.05) is 11.1 Å². The Kier molecular flexibility index (Phi) is 5.59. The lowest BCUT2D eigenvalue weighted by molar-refractivity contribution is -0.0328. The number of nitrogens with one attached hydrogen (secondary N) is 2. The quantitative estimate of drug-likeness (QED) is 0.673. The van der Waals surface area contributed by atoms with E-state index >= 15 is 0 Å². The molecule has 1 atom stereocenters. The number of piperidine rings is 3. The number of urea groups is 1. The molecular weight excluding hydrogens is 394 g/mol. The molecule has 2 amide bonds. The Hall–Kier alpha value is -1.85. The van der Waals surface area contributed by atoms with Crippen molar-refractivity contribution in [3.63, 3.8) is 0 Å². The van der Waals surface area contributed by atoms with Crippen molar-refractivity contribution in [2.24, 2.45) is 5.92 Å². The third-order valence-corrected chi connectivity index (χ3v) is 7.98. The first-order valence-corrected chi connectivity index (χ1v) is 12.0. The summed E-state index contributed by atoms with van der Waals surface area (Å²) in [5, 5.41) is 7.80. The van der Waals surface area contributed by atoms with E-state index in [4.69, 9.17) is 0 Å². The number of piperazine rings is 1. The highest BCUT2D eigenvalue weighted by atomic mass is 32.1. The second kappa shape index (κ2) is 8.35. The first-order chi connectivity index (χ1) is 14.6. The van der Waals surface area contributed by atoms with E-state index in [1.165, 1.54) is 17.4 Å². The Morgan fingerprint density at radius 1 is 1.30 bits per heavy atom. The van der Waals surface area contributed by atoms with Crippen molar-refractivity contribution in [2.75, 3.05) is 52.4 Å². The normalized spacial score (nSPS) is 30.5. The number of hydrogen-bond donors (Lipinski definition) is 2. The van der Waals surface area contributed by atoms with Gasteiger partial charge in [0.05, 0.1) is 17.1 Å². The first-order valence-electron chi connectivity index (χ1n) is 11.2. The van der Waals surface area contributed by atoms with E-state index < -0.39 is 0 Å². The topological polar surface area (TPSA) is 50.9 Å². The summed E-state index contributed by atoms with van der Waals surface area (Å²) in [5.41, 5.74) is -0.207. The second-order valence-corrected chi connectivity index (χ2v) is 10.2. The van der Waals surface area contributed by atoms with Crippen LogP contribution in [0.5, 0.6) is 0 Å². The minimum absolute atomic E-state index is 0.00416. The lowest BCUT2D eigenvalue weighted by Crippen LogP contribution is -2.66. The van der Waals surface area contributed by atoms with Crippen LogP contribution in [0.3, 0.4) is 0 Å². The summed E-state index contributed by atoms with van der Waals surface area (Å²) in [6.07, 6.45) is 7.74. The molecule has 7 heteroatoms. The molecule has 4 saturated heterocycles. The summed E-state index contributed by atoms with van der Waals surface area (Å²) < 4.78 is 1.22. The molecule has 0 spiro atoms. The lowest BCUT2D eigenvalue weighted by Gasteiger charge is -2.53. The van der Waals surface area contributed by atoms with Gasteiger partial charge < -0.3 is 10.6 Å². The Balaban J connectivity index is 1.25. The van der Waals surface area contributed by atoms with Crippen LogP contribution in [0.15, 0.2) is 6.07 Å². The lowest BCUT2D eigenvalue weighted by atomic mass is 9.80. The molecule has 0 unspecified atom stereocenters. The van der Waals surface area contributed by atoms with Crippen molar-refractivity contribution in [2.45, 2.75) is 31.8 Å². The maximum atomic E-state index is 13.0. The zero-order valence-electron chi connectivity index (χ0n) is 17.7. The van der Waals surface area contributed by atoms with Crippen LogP contribution in [0.25, 0.3) is 12.3 Å². The summed E-state index contributed by atoms with van der Waals surface area (Å²) in [6, 6.07) is 2.12. The van der Waals surface area contributed by atoms with Gasteiger partial charge in [0, 0.05) is 61.8 Å². The van der Waals surface area contributed by atoms with E-state index in [9.17, 15) is 4.79 Å². The monoisotopic (exact) mass is 425 g/mol. The molecule has 1 aromatic rings. The number of rotatable bonds is 2. The third kappa shape index (κ3) is 4.15. The van der Waals surface area contributed by atoms with Crippen LogP contribution in [0.1, 0.15) is 31.1 Å². The molecule has 2 N–H and O–H groups in total. The maximum absolute atomic E-state index is 13.0. The van der Waals surface area contributed by atoms with E-state index in [2.05, 4.69) is 51.3 Å². The van der Waals surface area contributed by atoms with Crippen molar-refractivity contribution in [1.29, 1.82) is 0 Å². The fourth-order valence-electron chi connectivity index (χ4n) is 5.15. The van der Waals surface area contributed by atoms with Crippen LogP contribution in [0, 0.1) is 17.8 Å². The molecule has 4 fully saturated rings. The minimum atomic E-state index is -0.207. The minimum Gasteiger partial charge on any atom is -0.320 e. The molecule has 0 saturated carbocycles. The summed E-state index contributed by atoms with van der Waals surface area (Å²) in [4.78, 5) is 20.7. The molecule has 2 bridgehead atoms. The average molecular weight is 426 g/mol. The summed E-state index contributed by atoms with van der Waals surface area (Å²) in [6.45, 7) is 10.1. The number of nitrogens with zero attached hydrogens (tertiary/aromatic N) is 3. The molecule has 160 valence electrons. The molecule has 0 radical (unpaired) electrons. The molecule has 30 heavy (non-hydrogen) atoms. The van der Waals surface area contributed by atoms with Gasteiger partial charge >= 0.3 is 6.03 Å². The third-order valence-electron chi connectivity index (χ3n) is 6.92. The van der Waals surface area contributed by atoms with Crippen molar-refractivity contribution >= 4 is 29.6 Å². The SMILES string of the molecule is C[C@@]1(NC(=O)N2C=c3cc(C#CCN4CCNCC4)sc3=CC2)CC2CCN1CC2. The fourth-order valence-corrected chi connectivity index (χ4v) is 6.08. The summed E-state index contributed by atoms with van der Waals surface area (Å²) >= 11 is 1.72. The standard InChI is InChI=1S/C23H31N5OS/c1-23(16-18-4-11-28(23)12-5-18)25-22(29)27-10-6-21-19(17-27)15-20(30-21)3-2-9-26-13-7-24-8-14-26/h6,15,17-18,24H,4-5,7-14,16H2,1H3,(H,25,29)/t23-/m0/s1. The van der Waals surface area contributed by atoms with Crippen LogP contribution in [-0.4, -0.2) is 78.8 Å². The first kappa shape index (κ1) is 20.1. The van der Waals surface area contributed by atoms with Gasteiger partial charge in [0.25, 0.3) is 0 Å². The van der Waals surface area contributed by atoms with Gasteiger partial charge in [0.2, 0.25) is 0 Å². The van der Waals surface area contributed by atoms with Gasteiger partial charge in [0.15, 0.2) is 0 Å². The molecular formula is C23H31N5OS. The van der Waals surface area contributed by atoms with Gasteiger partial charge in [-0.25, -0.2) is 4.79 Å². The number of fused-ring (bicyclic) bond motifs is 4. The van der Waals surface area contributed by atoms with E-state index in [1.54, 1.807) is 11.3 Å². The summed E-state index contributed by atoms with van der Waals surface area (Å²) in [5.74, 6) is 7.40. The van der Waals surface area contributed by atoms with Gasteiger partial charge in [0.1, 0.15) is 0 Å². The van der Waals surface area contributed by atoms with Gasteiger partial charge in [-0.05, 0) is 44.2 Å². The number of hydrogen-bond acceptors (Lipinski definition) is 5. The van der Waals surface area contributed by atoms with Crippen molar-refractivity contribution in [3.8, 4) is 11.8 Å². The number of amides is 2. The second-order valence-electron chi connectivity index (χ2n) is 9.08. The largest absolute Gasteiger partial charge is 0.323 e. The Morgan fingerprint density at radius 3 is 2.83 bits per heavy atom. The molecule has 1 aromatic heterocycles. The average Bonchev–Trinajstić information content (AvgIpc) is 3.17. The molecule has 5 aliphatic rings. The Bertz CT molecular complexity index is 977. The van der Waals surface area contributed by atoms with Crippen LogP contribution in [0.2, 0.25) is 0 Å². The fraction of sp³-hybridized carbons (Fsp3) is 0.609. The smallest absolute Gasteiger partial charge is 0.320 e.